The van der Waals surface area contributed by atoms with Gasteiger partial charge in [0.05, 0.1) is 5.71 Å². The second kappa shape index (κ2) is 27.1. The molecule has 3 heteroatoms. The van der Waals surface area contributed by atoms with Crippen molar-refractivity contribution in [2.75, 3.05) is 0 Å². The summed E-state index contributed by atoms with van der Waals surface area (Å²) in [5.74, 6) is 0.329. The van der Waals surface area contributed by atoms with Crippen LogP contribution in [0.15, 0.2) is 29.4 Å². The number of oxime groups is 1. The summed E-state index contributed by atoms with van der Waals surface area (Å²) in [4.78, 5) is 0. The number of phenols is 1. The van der Waals surface area contributed by atoms with Crippen molar-refractivity contribution in [2.45, 2.75) is 162 Å². The van der Waals surface area contributed by atoms with Gasteiger partial charge in [0.2, 0.25) is 0 Å². The highest BCUT2D eigenvalue weighted by molar-refractivity contribution is 5.83. The molecule has 204 valence electrons. The van der Waals surface area contributed by atoms with Crippen LogP contribution in [0.1, 0.15) is 161 Å². The molecule has 0 unspecified atom stereocenters. The number of nitrogens with zero attached hydrogens (tertiary/aromatic N) is 1. The number of aryl methyl sites for hydroxylation is 1. The predicted octanol–water partition coefficient (Wildman–Crippen LogP) is 11.1. The largest absolute Gasteiger partial charge is 0.508 e. The lowest BCUT2D eigenvalue weighted by molar-refractivity contribution is 0.315. The highest BCUT2D eigenvalue weighted by Crippen LogP contribution is 2.15. The normalized spacial score (nSPS) is 10.6. The first-order valence-electron chi connectivity index (χ1n) is 15.1. The minimum absolute atomic E-state index is 0.329. The van der Waals surface area contributed by atoms with Crippen molar-refractivity contribution >= 4 is 5.71 Å². The maximum absolute atomic E-state index is 9.20. The maximum Gasteiger partial charge on any atom is 0.115 e. The fourth-order valence-electron chi connectivity index (χ4n) is 4.40. The van der Waals surface area contributed by atoms with Crippen molar-refractivity contribution in [2.24, 2.45) is 5.16 Å². The summed E-state index contributed by atoms with van der Waals surface area (Å²) in [6.45, 7) is 6.54. The van der Waals surface area contributed by atoms with Crippen LogP contribution < -0.4 is 0 Å². The topological polar surface area (TPSA) is 52.8 Å². The Morgan fingerprint density at radius 3 is 1.14 bits per heavy atom. The van der Waals surface area contributed by atoms with E-state index < -0.39 is 0 Å². The number of hydrogen-bond donors (Lipinski definition) is 2. The van der Waals surface area contributed by atoms with E-state index in [0.29, 0.717) is 5.75 Å². The highest BCUT2D eigenvalue weighted by atomic mass is 16.4. The van der Waals surface area contributed by atoms with E-state index in [9.17, 15) is 5.21 Å². The van der Waals surface area contributed by atoms with Crippen LogP contribution in [0.4, 0.5) is 0 Å². The van der Waals surface area contributed by atoms with Gasteiger partial charge in [-0.2, -0.15) is 0 Å². The molecule has 0 radical (unpaired) electrons. The molecule has 0 aromatic heterocycles. The van der Waals surface area contributed by atoms with Gasteiger partial charge in [0.1, 0.15) is 5.75 Å². The van der Waals surface area contributed by atoms with Crippen molar-refractivity contribution in [3.8, 4) is 5.75 Å². The van der Waals surface area contributed by atoms with Gasteiger partial charge in [0.15, 0.2) is 0 Å². The molecule has 0 saturated heterocycles. The third-order valence-corrected chi connectivity index (χ3v) is 6.81. The molecule has 0 bridgehead atoms. The van der Waals surface area contributed by atoms with E-state index in [-0.39, 0.29) is 0 Å². The van der Waals surface area contributed by atoms with Gasteiger partial charge in [0.25, 0.3) is 0 Å². The second-order valence-electron chi connectivity index (χ2n) is 10.4. The van der Waals surface area contributed by atoms with Crippen molar-refractivity contribution in [3.05, 3.63) is 29.8 Å². The molecule has 0 atom stereocenters. The van der Waals surface area contributed by atoms with E-state index in [1.807, 2.05) is 19.1 Å². The molecule has 1 aromatic carbocycles. The molecular weight excluding hydrogens is 430 g/mol. The molecule has 0 aliphatic heterocycles. The molecule has 35 heavy (non-hydrogen) atoms. The molecule has 0 aliphatic carbocycles. The number of hydrogen-bond acceptors (Lipinski definition) is 3. The Bertz CT molecular complexity index is 520. The smallest absolute Gasteiger partial charge is 0.115 e. The van der Waals surface area contributed by atoms with Gasteiger partial charge in [-0.05, 0) is 44.7 Å². The van der Waals surface area contributed by atoms with Crippen LogP contribution in [0, 0.1) is 6.92 Å². The number of aromatic hydroxyl groups is 1. The average molecular weight is 490 g/mol. The van der Waals surface area contributed by atoms with Crippen molar-refractivity contribution in [3.63, 3.8) is 0 Å². The van der Waals surface area contributed by atoms with Crippen LogP contribution in [-0.2, 0) is 0 Å². The van der Waals surface area contributed by atoms with Gasteiger partial charge < -0.3 is 10.3 Å². The fourth-order valence-corrected chi connectivity index (χ4v) is 4.40. The lowest BCUT2D eigenvalue weighted by Gasteiger charge is -2.06. The predicted molar refractivity (Wildman–Crippen MR) is 155 cm³/mol. The van der Waals surface area contributed by atoms with E-state index in [2.05, 4.69) is 19.0 Å². The molecule has 2 N–H and O–H groups in total. The monoisotopic (exact) mass is 489 g/mol. The molecule has 0 saturated carbocycles. The minimum atomic E-state index is 0.329. The summed E-state index contributed by atoms with van der Waals surface area (Å²) in [7, 11) is 0. The summed E-state index contributed by atoms with van der Waals surface area (Å²) in [5, 5.41) is 21.5. The molecule has 1 rings (SSSR count). The van der Waals surface area contributed by atoms with E-state index in [1.165, 1.54) is 134 Å². The highest BCUT2D eigenvalue weighted by Gasteiger charge is 2.01. The van der Waals surface area contributed by atoms with Gasteiger partial charge in [-0.1, -0.05) is 152 Å². The van der Waals surface area contributed by atoms with Crippen LogP contribution in [0.3, 0.4) is 0 Å². The molecule has 0 heterocycles. The minimum Gasteiger partial charge on any atom is -0.508 e. The molecule has 0 amide bonds. The van der Waals surface area contributed by atoms with Gasteiger partial charge >= 0.3 is 0 Å². The summed E-state index contributed by atoms with van der Waals surface area (Å²) >= 11 is 0. The fraction of sp³-hybridized carbons (Fsp3) is 0.781. The Kier molecular flexibility index (Phi) is 25.9. The number of unbranched alkanes of at least 4 members (excludes halogenated alkanes) is 18. The zero-order valence-corrected chi connectivity index (χ0v) is 23.7. The quantitative estimate of drug-likeness (QED) is 0.0736. The van der Waals surface area contributed by atoms with E-state index in [4.69, 9.17) is 5.11 Å². The van der Waals surface area contributed by atoms with Gasteiger partial charge in [-0.3, -0.25) is 0 Å². The van der Waals surface area contributed by atoms with E-state index in [1.54, 1.807) is 12.1 Å². The van der Waals surface area contributed by atoms with E-state index >= 15 is 0 Å². The standard InChI is InChI=1S/C25H51NO.C7H8O/c1-3-5-7-9-11-13-15-17-19-21-23-25(26-27)24-22-20-18-16-14-12-10-8-6-4-2;1-6-2-4-7(8)5-3-6/h27H,3-24H2,1-2H3;2-5,8H,1H3. The summed E-state index contributed by atoms with van der Waals surface area (Å²) in [6, 6.07) is 7.09. The molecule has 0 fully saturated rings. The first-order valence-corrected chi connectivity index (χ1v) is 15.1. The van der Waals surface area contributed by atoms with Crippen LogP contribution in [0.2, 0.25) is 0 Å². The molecule has 0 spiro atoms. The molecule has 0 aliphatic rings. The van der Waals surface area contributed by atoms with Crippen LogP contribution in [0.25, 0.3) is 0 Å². The van der Waals surface area contributed by atoms with Gasteiger partial charge in [0, 0.05) is 0 Å². The van der Waals surface area contributed by atoms with Crippen molar-refractivity contribution in [1.82, 2.24) is 0 Å². The number of rotatable bonds is 22. The Labute approximate surface area is 218 Å². The maximum atomic E-state index is 9.20. The summed E-state index contributed by atoms with van der Waals surface area (Å²) < 4.78 is 0. The summed E-state index contributed by atoms with van der Waals surface area (Å²) in [6.07, 6.45) is 29.3. The Morgan fingerprint density at radius 1 is 0.543 bits per heavy atom. The molecule has 1 aromatic rings. The Balaban J connectivity index is 0.00000121. The zero-order chi connectivity index (χ0) is 25.8. The zero-order valence-electron chi connectivity index (χ0n) is 23.7. The van der Waals surface area contributed by atoms with Crippen LogP contribution >= 0.6 is 0 Å². The number of phenolic OH excluding ortho intramolecular Hbond substituents is 1. The van der Waals surface area contributed by atoms with Gasteiger partial charge in [-0.15, -0.1) is 0 Å². The Hall–Kier alpha value is -1.51. The molecular formula is C32H59NO2. The van der Waals surface area contributed by atoms with E-state index in [0.717, 1.165) is 18.6 Å². The third-order valence-electron chi connectivity index (χ3n) is 6.81. The van der Waals surface area contributed by atoms with Gasteiger partial charge in [-0.25, -0.2) is 0 Å². The second-order valence-corrected chi connectivity index (χ2v) is 10.4. The lowest BCUT2D eigenvalue weighted by atomic mass is 10.0. The first kappa shape index (κ1) is 33.5. The van der Waals surface area contributed by atoms with Crippen LogP contribution in [-0.4, -0.2) is 16.0 Å². The average Bonchev–Trinajstić information content (AvgIpc) is 2.87. The first-order chi connectivity index (χ1) is 17.1. The SMILES string of the molecule is CCCCCCCCCCCCC(CCCCCCCCCCCC)=NO.Cc1ccc(O)cc1. The Morgan fingerprint density at radius 2 is 0.857 bits per heavy atom. The van der Waals surface area contributed by atoms with Crippen molar-refractivity contribution in [1.29, 1.82) is 0 Å². The lowest BCUT2D eigenvalue weighted by Crippen LogP contribution is -1.99. The summed E-state index contributed by atoms with van der Waals surface area (Å²) in [5.41, 5.74) is 2.21. The van der Waals surface area contributed by atoms with Crippen molar-refractivity contribution < 1.29 is 10.3 Å². The molecule has 3 nitrogen and oxygen atoms in total. The number of benzene rings is 1. The van der Waals surface area contributed by atoms with Crippen LogP contribution in [0.5, 0.6) is 5.75 Å². The third kappa shape index (κ3) is 25.4.